The normalized spacial score (nSPS) is 16.8. The highest BCUT2D eigenvalue weighted by atomic mass is 35.5. The summed E-state index contributed by atoms with van der Waals surface area (Å²) in [6.45, 7) is 8.14. The van der Waals surface area contributed by atoms with Crippen LogP contribution in [0, 0.1) is 26.7 Å². The van der Waals surface area contributed by atoms with Crippen LogP contribution in [-0.2, 0) is 11.3 Å². The van der Waals surface area contributed by atoms with Crippen LogP contribution in [0.5, 0.6) is 0 Å². The van der Waals surface area contributed by atoms with E-state index in [0.717, 1.165) is 36.2 Å². The van der Waals surface area contributed by atoms with E-state index in [1.807, 2.05) is 13.8 Å². The van der Waals surface area contributed by atoms with E-state index in [1.165, 1.54) is 5.56 Å². The lowest BCUT2D eigenvalue weighted by Crippen LogP contribution is -2.40. The topological polar surface area (TPSA) is 71.3 Å². The molecule has 32 heavy (non-hydrogen) atoms. The summed E-state index contributed by atoms with van der Waals surface area (Å²) in [6, 6.07) is 9.35. The van der Waals surface area contributed by atoms with Gasteiger partial charge in [0.25, 0.3) is 0 Å². The third-order valence-electron chi connectivity index (χ3n) is 5.80. The molecule has 168 valence electrons. The molecule has 1 N–H and O–H groups in total. The standard InChI is InChI=1S/C24H26Cl2N4O2/c1-14-9-15(2)22(16(3)10-14)28-24(31)17-5-4-8-30(12-17)13-21-27-23(29-32-21)19-7-6-18(25)11-20(19)26/h6-7,9-11,17H,4-5,8,12-13H2,1-3H3,(H,28,31). The molecule has 1 aromatic heterocycles. The molecule has 1 aliphatic rings. The molecule has 4 rings (SSSR count). The molecular weight excluding hydrogens is 447 g/mol. The molecule has 0 saturated carbocycles. The number of nitrogens with one attached hydrogen (secondary N) is 1. The molecule has 1 aliphatic heterocycles. The molecular formula is C24H26Cl2N4O2. The lowest BCUT2D eigenvalue weighted by Gasteiger charge is -2.31. The van der Waals surface area contributed by atoms with Crippen molar-refractivity contribution in [1.82, 2.24) is 15.0 Å². The molecule has 2 aromatic carbocycles. The number of rotatable bonds is 5. The monoisotopic (exact) mass is 472 g/mol. The van der Waals surface area contributed by atoms with Gasteiger partial charge in [0.1, 0.15) is 0 Å². The minimum atomic E-state index is -0.0862. The third kappa shape index (κ3) is 5.14. The minimum Gasteiger partial charge on any atom is -0.338 e. The fraction of sp³-hybridized carbons (Fsp3) is 0.375. The van der Waals surface area contributed by atoms with Gasteiger partial charge in [-0.05, 0) is 69.5 Å². The number of amides is 1. The molecule has 1 fully saturated rings. The summed E-state index contributed by atoms with van der Waals surface area (Å²) < 4.78 is 5.45. The van der Waals surface area contributed by atoms with E-state index in [9.17, 15) is 4.79 Å². The summed E-state index contributed by atoms with van der Waals surface area (Å²) in [5.74, 6) is 0.900. The molecule has 1 atom stereocenters. The number of likely N-dealkylation sites (tertiary alicyclic amines) is 1. The van der Waals surface area contributed by atoms with Gasteiger partial charge in [0.15, 0.2) is 0 Å². The Labute approximate surface area is 197 Å². The summed E-state index contributed by atoms with van der Waals surface area (Å²) in [6.07, 6.45) is 1.80. The molecule has 1 saturated heterocycles. The van der Waals surface area contributed by atoms with Crippen LogP contribution >= 0.6 is 23.2 Å². The number of carbonyl (C=O) groups excluding carboxylic acids is 1. The summed E-state index contributed by atoms with van der Waals surface area (Å²) in [4.78, 5) is 19.7. The smallest absolute Gasteiger partial charge is 0.241 e. The SMILES string of the molecule is Cc1cc(C)c(NC(=O)C2CCCN(Cc3nc(-c4ccc(Cl)cc4Cl)no3)C2)c(C)c1. The number of aromatic nitrogens is 2. The van der Waals surface area contributed by atoms with Gasteiger partial charge >= 0.3 is 0 Å². The van der Waals surface area contributed by atoms with Crippen molar-refractivity contribution in [3.63, 3.8) is 0 Å². The Hall–Kier alpha value is -2.41. The number of hydrogen-bond donors (Lipinski definition) is 1. The van der Waals surface area contributed by atoms with Crippen LogP contribution in [-0.4, -0.2) is 34.0 Å². The summed E-state index contributed by atoms with van der Waals surface area (Å²) >= 11 is 12.2. The maximum Gasteiger partial charge on any atom is 0.241 e. The Morgan fingerprint density at radius 3 is 2.66 bits per heavy atom. The Morgan fingerprint density at radius 2 is 1.94 bits per heavy atom. The number of carbonyl (C=O) groups is 1. The highest BCUT2D eigenvalue weighted by molar-refractivity contribution is 6.36. The third-order valence-corrected chi connectivity index (χ3v) is 6.35. The number of nitrogens with zero attached hydrogens (tertiary/aromatic N) is 3. The van der Waals surface area contributed by atoms with Gasteiger partial charge in [0, 0.05) is 22.8 Å². The Morgan fingerprint density at radius 1 is 1.19 bits per heavy atom. The number of hydrogen-bond acceptors (Lipinski definition) is 5. The predicted molar refractivity (Wildman–Crippen MR) is 127 cm³/mol. The van der Waals surface area contributed by atoms with Crippen LogP contribution in [0.4, 0.5) is 5.69 Å². The van der Waals surface area contributed by atoms with Gasteiger partial charge in [-0.25, -0.2) is 0 Å². The van der Waals surface area contributed by atoms with Crippen LogP contribution in [0.15, 0.2) is 34.9 Å². The summed E-state index contributed by atoms with van der Waals surface area (Å²) in [5, 5.41) is 8.24. The predicted octanol–water partition coefficient (Wildman–Crippen LogP) is 5.82. The number of aryl methyl sites for hydroxylation is 3. The lowest BCUT2D eigenvalue weighted by molar-refractivity contribution is -0.121. The average Bonchev–Trinajstić information content (AvgIpc) is 3.18. The van der Waals surface area contributed by atoms with Gasteiger partial charge in [-0.15, -0.1) is 0 Å². The van der Waals surface area contributed by atoms with Crippen molar-refractivity contribution in [2.45, 2.75) is 40.2 Å². The molecule has 2 heterocycles. The first-order chi connectivity index (χ1) is 15.3. The Kier molecular flexibility index (Phi) is 6.84. The average molecular weight is 473 g/mol. The van der Waals surface area contributed by atoms with Gasteiger partial charge in [0.2, 0.25) is 17.6 Å². The molecule has 0 aliphatic carbocycles. The van der Waals surface area contributed by atoms with Crippen molar-refractivity contribution >= 4 is 34.8 Å². The molecule has 0 radical (unpaired) electrons. The van der Waals surface area contributed by atoms with E-state index in [2.05, 4.69) is 39.4 Å². The zero-order chi connectivity index (χ0) is 22.8. The molecule has 8 heteroatoms. The fourth-order valence-electron chi connectivity index (χ4n) is 4.31. The molecule has 0 bridgehead atoms. The van der Waals surface area contributed by atoms with Crippen molar-refractivity contribution in [3.05, 3.63) is 63.0 Å². The van der Waals surface area contributed by atoms with E-state index in [4.69, 9.17) is 27.7 Å². The van der Waals surface area contributed by atoms with Crippen LogP contribution in [0.1, 0.15) is 35.4 Å². The van der Waals surface area contributed by atoms with Gasteiger partial charge < -0.3 is 9.84 Å². The maximum atomic E-state index is 13.0. The second kappa shape index (κ2) is 9.61. The van der Waals surface area contributed by atoms with Crippen LogP contribution in [0.3, 0.4) is 0 Å². The van der Waals surface area contributed by atoms with Crippen LogP contribution in [0.25, 0.3) is 11.4 Å². The molecule has 3 aromatic rings. The first kappa shape index (κ1) is 22.8. The highest BCUT2D eigenvalue weighted by Crippen LogP contribution is 2.29. The van der Waals surface area contributed by atoms with Crippen molar-refractivity contribution in [1.29, 1.82) is 0 Å². The second-order valence-electron chi connectivity index (χ2n) is 8.47. The Balaban J connectivity index is 1.40. The quantitative estimate of drug-likeness (QED) is 0.506. The van der Waals surface area contributed by atoms with E-state index in [1.54, 1.807) is 18.2 Å². The van der Waals surface area contributed by atoms with Gasteiger partial charge in [-0.1, -0.05) is 46.1 Å². The lowest BCUT2D eigenvalue weighted by atomic mass is 9.96. The maximum absolute atomic E-state index is 13.0. The van der Waals surface area contributed by atoms with Crippen molar-refractivity contribution in [3.8, 4) is 11.4 Å². The molecule has 1 amide bonds. The van der Waals surface area contributed by atoms with Gasteiger partial charge in [-0.2, -0.15) is 4.98 Å². The van der Waals surface area contributed by atoms with E-state index in [0.29, 0.717) is 40.4 Å². The first-order valence-electron chi connectivity index (χ1n) is 10.7. The van der Waals surface area contributed by atoms with E-state index >= 15 is 0 Å². The number of halogens is 2. The molecule has 1 unspecified atom stereocenters. The van der Waals surface area contributed by atoms with Crippen molar-refractivity contribution < 1.29 is 9.32 Å². The van der Waals surface area contributed by atoms with E-state index < -0.39 is 0 Å². The zero-order valence-corrected chi connectivity index (χ0v) is 19.9. The highest BCUT2D eigenvalue weighted by Gasteiger charge is 2.27. The molecule has 6 nitrogen and oxygen atoms in total. The Bertz CT molecular complexity index is 1120. The second-order valence-corrected chi connectivity index (χ2v) is 9.32. The zero-order valence-electron chi connectivity index (χ0n) is 18.4. The van der Waals surface area contributed by atoms with Crippen molar-refractivity contribution in [2.24, 2.45) is 5.92 Å². The van der Waals surface area contributed by atoms with Gasteiger partial charge in [-0.3, -0.25) is 9.69 Å². The van der Waals surface area contributed by atoms with Crippen molar-refractivity contribution in [2.75, 3.05) is 18.4 Å². The number of anilines is 1. The first-order valence-corrected chi connectivity index (χ1v) is 11.4. The largest absolute Gasteiger partial charge is 0.338 e. The number of benzene rings is 2. The van der Waals surface area contributed by atoms with Crippen LogP contribution in [0.2, 0.25) is 10.0 Å². The van der Waals surface area contributed by atoms with Gasteiger partial charge in [0.05, 0.1) is 17.5 Å². The summed E-state index contributed by atoms with van der Waals surface area (Å²) in [5.41, 5.74) is 4.95. The minimum absolute atomic E-state index is 0.0592. The number of piperidine rings is 1. The van der Waals surface area contributed by atoms with Crippen LogP contribution < -0.4 is 5.32 Å². The van der Waals surface area contributed by atoms with E-state index in [-0.39, 0.29) is 11.8 Å². The molecule has 0 spiro atoms. The summed E-state index contributed by atoms with van der Waals surface area (Å²) in [7, 11) is 0. The fourth-order valence-corrected chi connectivity index (χ4v) is 4.80.